The van der Waals surface area contributed by atoms with Gasteiger partial charge in [-0.1, -0.05) is 11.6 Å². The number of fused-ring (bicyclic) bond motifs is 1. The van der Waals surface area contributed by atoms with Crippen LogP contribution >= 0.6 is 11.6 Å². The van der Waals surface area contributed by atoms with E-state index in [2.05, 4.69) is 4.98 Å². The fourth-order valence-corrected chi connectivity index (χ4v) is 1.83. The second-order valence-electron chi connectivity index (χ2n) is 3.68. The van der Waals surface area contributed by atoms with Gasteiger partial charge >= 0.3 is 0 Å². The van der Waals surface area contributed by atoms with Crippen LogP contribution in [-0.4, -0.2) is 16.2 Å². The summed E-state index contributed by atoms with van der Waals surface area (Å²) in [6.45, 7) is 1.70. The Morgan fingerprint density at radius 2 is 2.27 bits per heavy atom. The van der Waals surface area contributed by atoms with Gasteiger partial charge in [-0.3, -0.25) is 0 Å². The maximum Gasteiger partial charge on any atom is 0.142 e. The van der Waals surface area contributed by atoms with E-state index in [0.717, 1.165) is 16.5 Å². The molecular formula is C11H11ClFNO. The van der Waals surface area contributed by atoms with Crippen molar-refractivity contribution in [2.24, 2.45) is 0 Å². The summed E-state index contributed by atoms with van der Waals surface area (Å²) >= 11 is 5.66. The summed E-state index contributed by atoms with van der Waals surface area (Å²) in [7, 11) is 0. The van der Waals surface area contributed by atoms with E-state index in [4.69, 9.17) is 11.6 Å². The molecule has 0 fully saturated rings. The van der Waals surface area contributed by atoms with Crippen molar-refractivity contribution in [1.82, 2.24) is 4.98 Å². The van der Waals surface area contributed by atoms with Crippen LogP contribution in [0.4, 0.5) is 4.39 Å². The van der Waals surface area contributed by atoms with E-state index in [0.29, 0.717) is 6.42 Å². The van der Waals surface area contributed by atoms with Crippen molar-refractivity contribution >= 4 is 22.5 Å². The summed E-state index contributed by atoms with van der Waals surface area (Å²) in [5, 5.41) is 10.2. The number of aliphatic hydroxyl groups excluding tert-OH is 1. The minimum Gasteiger partial charge on any atom is -0.393 e. The summed E-state index contributed by atoms with van der Waals surface area (Å²) in [6, 6.07) is 2.95. The van der Waals surface area contributed by atoms with Crippen molar-refractivity contribution in [1.29, 1.82) is 0 Å². The molecule has 4 heteroatoms. The normalized spacial score (nSPS) is 13.3. The Morgan fingerprint density at radius 3 is 2.93 bits per heavy atom. The maximum absolute atomic E-state index is 13.2. The average molecular weight is 228 g/mol. The average Bonchev–Trinajstić information content (AvgIpc) is 2.49. The molecule has 80 valence electrons. The molecule has 15 heavy (non-hydrogen) atoms. The predicted molar refractivity (Wildman–Crippen MR) is 58.7 cm³/mol. The molecule has 2 nitrogen and oxygen atoms in total. The maximum atomic E-state index is 13.2. The monoisotopic (exact) mass is 227 g/mol. The Bertz CT molecular complexity index is 493. The summed E-state index contributed by atoms with van der Waals surface area (Å²) in [5.41, 5.74) is 1.69. The van der Waals surface area contributed by atoms with Crippen LogP contribution in [0.2, 0.25) is 5.02 Å². The van der Waals surface area contributed by atoms with Crippen LogP contribution in [0.15, 0.2) is 18.3 Å². The zero-order valence-electron chi connectivity index (χ0n) is 8.22. The van der Waals surface area contributed by atoms with Gasteiger partial charge in [0, 0.05) is 23.5 Å². The molecule has 0 bridgehead atoms. The molecule has 0 aliphatic carbocycles. The molecule has 0 saturated heterocycles. The van der Waals surface area contributed by atoms with Gasteiger partial charge in [-0.25, -0.2) is 4.39 Å². The summed E-state index contributed by atoms with van der Waals surface area (Å²) in [5.74, 6) is -0.435. The first-order valence-corrected chi connectivity index (χ1v) is 5.09. The Morgan fingerprint density at radius 1 is 1.53 bits per heavy atom. The number of halogens is 2. The van der Waals surface area contributed by atoms with Crippen LogP contribution in [-0.2, 0) is 6.42 Å². The molecule has 0 saturated carbocycles. The second-order valence-corrected chi connectivity index (χ2v) is 4.09. The second kappa shape index (κ2) is 3.83. The van der Waals surface area contributed by atoms with Gasteiger partial charge in [0.05, 0.1) is 11.1 Å². The first kappa shape index (κ1) is 10.5. The number of benzene rings is 1. The first-order valence-electron chi connectivity index (χ1n) is 4.71. The highest BCUT2D eigenvalue weighted by atomic mass is 35.5. The van der Waals surface area contributed by atoms with E-state index >= 15 is 0 Å². The number of aliphatic hydroxyl groups is 1. The van der Waals surface area contributed by atoms with Gasteiger partial charge in [-0.15, -0.1) is 0 Å². The third kappa shape index (κ3) is 1.98. The minimum absolute atomic E-state index is 0.105. The lowest BCUT2D eigenvalue weighted by atomic mass is 10.1. The van der Waals surface area contributed by atoms with E-state index in [1.807, 2.05) is 0 Å². The first-order chi connectivity index (χ1) is 7.08. The van der Waals surface area contributed by atoms with Crippen LogP contribution in [0.25, 0.3) is 10.9 Å². The van der Waals surface area contributed by atoms with Gasteiger partial charge in [0.2, 0.25) is 0 Å². The van der Waals surface area contributed by atoms with E-state index in [-0.39, 0.29) is 5.02 Å². The Balaban J connectivity index is 2.54. The van der Waals surface area contributed by atoms with Crippen molar-refractivity contribution in [2.45, 2.75) is 19.4 Å². The molecule has 1 unspecified atom stereocenters. The van der Waals surface area contributed by atoms with Gasteiger partial charge in [0.25, 0.3) is 0 Å². The number of rotatable bonds is 2. The molecule has 2 rings (SSSR count). The Labute approximate surface area is 91.7 Å². The molecule has 0 amide bonds. The van der Waals surface area contributed by atoms with E-state index in [1.165, 1.54) is 6.07 Å². The number of aromatic nitrogens is 1. The molecule has 0 radical (unpaired) electrons. The Hall–Kier alpha value is -1.06. The molecule has 1 aromatic heterocycles. The lowest BCUT2D eigenvalue weighted by Crippen LogP contribution is -2.03. The SMILES string of the molecule is CC(O)Cc1c[nH]c2cc(Cl)c(F)cc12. The standard InChI is InChI=1S/C11H11ClFNO/c1-6(15)2-7-5-14-11-4-9(12)10(13)3-8(7)11/h3-6,14-15H,2H2,1H3. The third-order valence-corrected chi connectivity index (χ3v) is 2.61. The number of H-pyrrole nitrogens is 1. The zero-order valence-corrected chi connectivity index (χ0v) is 8.98. The largest absolute Gasteiger partial charge is 0.393 e. The van der Waals surface area contributed by atoms with Crippen LogP contribution in [0.5, 0.6) is 0 Å². The molecule has 1 heterocycles. The molecule has 0 spiro atoms. The highest BCUT2D eigenvalue weighted by molar-refractivity contribution is 6.31. The summed E-state index contributed by atoms with van der Waals surface area (Å²) in [4.78, 5) is 3.00. The summed E-state index contributed by atoms with van der Waals surface area (Å²) in [6.07, 6.45) is 1.83. The van der Waals surface area contributed by atoms with E-state index in [1.54, 1.807) is 19.2 Å². The Kier molecular flexibility index (Phi) is 2.67. The van der Waals surface area contributed by atoms with Gasteiger partial charge < -0.3 is 10.1 Å². The number of aromatic amines is 1. The quantitative estimate of drug-likeness (QED) is 0.813. The van der Waals surface area contributed by atoms with Gasteiger partial charge in [-0.05, 0) is 24.6 Å². The van der Waals surface area contributed by atoms with E-state index < -0.39 is 11.9 Å². The number of hydrogen-bond donors (Lipinski definition) is 2. The van der Waals surface area contributed by atoms with Crippen molar-refractivity contribution in [3.8, 4) is 0 Å². The topological polar surface area (TPSA) is 36.0 Å². The molecule has 2 aromatic rings. The molecule has 2 N–H and O–H groups in total. The van der Waals surface area contributed by atoms with Crippen LogP contribution in [0, 0.1) is 5.82 Å². The fraction of sp³-hybridized carbons (Fsp3) is 0.273. The highest BCUT2D eigenvalue weighted by Crippen LogP contribution is 2.25. The molecule has 0 aliphatic rings. The van der Waals surface area contributed by atoms with E-state index in [9.17, 15) is 9.50 Å². The lowest BCUT2D eigenvalue weighted by molar-refractivity contribution is 0.196. The molecule has 1 atom stereocenters. The van der Waals surface area contributed by atoms with Crippen molar-refractivity contribution in [3.63, 3.8) is 0 Å². The third-order valence-electron chi connectivity index (χ3n) is 2.32. The smallest absolute Gasteiger partial charge is 0.142 e. The highest BCUT2D eigenvalue weighted by Gasteiger charge is 2.09. The van der Waals surface area contributed by atoms with Crippen molar-refractivity contribution < 1.29 is 9.50 Å². The van der Waals surface area contributed by atoms with Crippen molar-refractivity contribution in [3.05, 3.63) is 34.7 Å². The predicted octanol–water partition coefficient (Wildman–Crippen LogP) is 2.88. The molecule has 1 aromatic carbocycles. The zero-order chi connectivity index (χ0) is 11.0. The van der Waals surface area contributed by atoms with Gasteiger partial charge in [0.15, 0.2) is 0 Å². The fourth-order valence-electron chi connectivity index (χ4n) is 1.66. The lowest BCUT2D eigenvalue weighted by Gasteiger charge is -2.02. The number of nitrogens with one attached hydrogen (secondary N) is 1. The van der Waals surface area contributed by atoms with Gasteiger partial charge in [0.1, 0.15) is 5.82 Å². The van der Waals surface area contributed by atoms with Crippen molar-refractivity contribution in [2.75, 3.05) is 0 Å². The van der Waals surface area contributed by atoms with Crippen LogP contribution in [0.1, 0.15) is 12.5 Å². The molecule has 0 aliphatic heterocycles. The van der Waals surface area contributed by atoms with Gasteiger partial charge in [-0.2, -0.15) is 0 Å². The van der Waals surface area contributed by atoms with Crippen LogP contribution < -0.4 is 0 Å². The minimum atomic E-state index is -0.442. The summed E-state index contributed by atoms with van der Waals surface area (Å²) < 4.78 is 13.2. The van der Waals surface area contributed by atoms with Crippen LogP contribution in [0.3, 0.4) is 0 Å². The molecular weight excluding hydrogens is 217 g/mol. The number of hydrogen-bond acceptors (Lipinski definition) is 1.